The highest BCUT2D eigenvalue weighted by Gasteiger charge is 2.58. The van der Waals surface area contributed by atoms with E-state index < -0.39 is 106 Å². The number of ether oxygens (including phenoxy) is 5. The molecule has 0 aromatic heterocycles. The molecule has 2 aliphatic rings. The van der Waals surface area contributed by atoms with Gasteiger partial charge in [-0.2, -0.15) is 0 Å². The molecule has 2 aromatic carbocycles. The lowest BCUT2D eigenvalue weighted by Crippen LogP contribution is -2.68. The van der Waals surface area contributed by atoms with Gasteiger partial charge in [-0.3, -0.25) is 34.7 Å². The van der Waals surface area contributed by atoms with Crippen molar-refractivity contribution >= 4 is 65.4 Å². The summed E-state index contributed by atoms with van der Waals surface area (Å²) >= 11 is 0.867. The number of benzene rings is 2. The van der Waals surface area contributed by atoms with Gasteiger partial charge in [-0.05, 0) is 105 Å². The van der Waals surface area contributed by atoms with Crippen molar-refractivity contribution in [2.75, 3.05) is 20.2 Å². The minimum atomic E-state index is -4.05. The van der Waals surface area contributed by atoms with Gasteiger partial charge >= 0.3 is 18.2 Å². The van der Waals surface area contributed by atoms with Crippen LogP contribution in [-0.4, -0.2) is 122 Å². The quantitative estimate of drug-likeness (QED) is 0.0310. The summed E-state index contributed by atoms with van der Waals surface area (Å²) in [7, 11) is -2.62. The van der Waals surface area contributed by atoms with Crippen molar-refractivity contribution in [2.24, 2.45) is 5.92 Å². The summed E-state index contributed by atoms with van der Waals surface area (Å²) in [5.41, 5.74) is -0.802. The lowest BCUT2D eigenvalue weighted by Gasteiger charge is -2.50. The summed E-state index contributed by atoms with van der Waals surface area (Å²) in [6.07, 6.45) is -5.99. The predicted octanol–water partition coefficient (Wildman–Crippen LogP) is 7.57. The van der Waals surface area contributed by atoms with Crippen molar-refractivity contribution in [2.45, 2.75) is 136 Å². The van der Waals surface area contributed by atoms with E-state index in [0.29, 0.717) is 11.1 Å². The number of carbonyl (C=O) groups excluding carboxylic acids is 5. The lowest BCUT2D eigenvalue weighted by molar-refractivity contribution is -0.385. The molecule has 0 N–H and O–H groups in total. The number of esters is 1. The standard InChI is InChI=1S/C43H59N4O17PS/c1-25(2)62-65(63-26(3)4,64-27(5)6)39(40(50)61-43(8,9)10)45-33(37(38(45)49)28(7)60-42(52)59-24-30-14-18-32(19-15-30)47(55)56)20-36(48)66-35-22-44(21-34(35)57-11)41(51)58-23-29-12-16-31(17-13-29)46(53)54/h12-19,25-28,33-35,37H,20-24H2,1-11H3. The molecule has 2 amide bonds. The van der Waals surface area contributed by atoms with Crippen molar-refractivity contribution in [3.8, 4) is 0 Å². The zero-order chi connectivity index (χ0) is 49.3. The van der Waals surface area contributed by atoms with Gasteiger partial charge in [0.2, 0.25) is 11.3 Å². The molecular formula is C43H59N4O17PS. The highest BCUT2D eigenvalue weighted by atomic mass is 32.2. The molecule has 5 atom stereocenters. The maximum absolute atomic E-state index is 14.7. The van der Waals surface area contributed by atoms with E-state index in [1.807, 2.05) is 0 Å². The van der Waals surface area contributed by atoms with Gasteiger partial charge in [-0.15, -0.1) is 0 Å². The average molecular weight is 967 g/mol. The van der Waals surface area contributed by atoms with Crippen LogP contribution in [0.1, 0.15) is 86.8 Å². The number of non-ortho nitro benzene ring substituents is 2. The number of nitro benzene ring substituents is 2. The number of amides is 2. The van der Waals surface area contributed by atoms with Crippen molar-refractivity contribution < 1.29 is 71.1 Å². The number of likely N-dealkylation sites (tertiary alicyclic amines) is 2. The van der Waals surface area contributed by atoms with E-state index in [0.717, 1.165) is 16.7 Å². The fourth-order valence-corrected chi connectivity index (χ4v) is 11.1. The third-order valence-corrected chi connectivity index (χ3v) is 13.8. The van der Waals surface area contributed by atoms with Crippen molar-refractivity contribution in [1.82, 2.24) is 9.80 Å². The maximum atomic E-state index is 14.7. The molecule has 2 fully saturated rings. The first-order chi connectivity index (χ1) is 30.8. The van der Waals surface area contributed by atoms with Crippen LogP contribution in [0.15, 0.2) is 48.5 Å². The fraction of sp³-hybridized carbons (Fsp3) is 0.581. The minimum Gasteiger partial charge on any atom is -0.455 e. The molecule has 2 saturated heterocycles. The van der Waals surface area contributed by atoms with Crippen LogP contribution in [0, 0.1) is 26.1 Å². The molecule has 2 aliphatic heterocycles. The Bertz CT molecular complexity index is 2110. The molecule has 4 rings (SSSR count). The Morgan fingerprint density at radius 3 is 1.71 bits per heavy atom. The van der Waals surface area contributed by atoms with Crippen LogP contribution in [0.2, 0.25) is 0 Å². The van der Waals surface area contributed by atoms with E-state index in [4.69, 9.17) is 37.3 Å². The van der Waals surface area contributed by atoms with Crippen LogP contribution in [0.5, 0.6) is 0 Å². The number of rotatable bonds is 20. The number of nitro groups is 2. The van der Waals surface area contributed by atoms with Crippen molar-refractivity contribution in [3.05, 3.63) is 79.9 Å². The van der Waals surface area contributed by atoms with Crippen LogP contribution < -0.4 is 0 Å². The molecule has 0 saturated carbocycles. The van der Waals surface area contributed by atoms with Crippen LogP contribution >= 0.6 is 19.3 Å². The predicted molar refractivity (Wildman–Crippen MR) is 241 cm³/mol. The SMILES string of the molecule is COC1CN(C(=O)OCc2ccc([N+](=O)[O-])cc2)CC1SC(=O)CC1C(C(C)OC(=O)OCc2ccc([N+](=O)[O-])cc2)C(=O)N1C(C(=O)OC(C)(C)C)=P(OC(C)C)(OC(C)C)OC(C)C. The highest BCUT2D eigenvalue weighted by molar-refractivity contribution is 8.14. The molecule has 23 heteroatoms. The zero-order valence-corrected chi connectivity index (χ0v) is 40.6. The van der Waals surface area contributed by atoms with E-state index in [1.165, 1.54) is 67.5 Å². The lowest BCUT2D eigenvalue weighted by atomic mass is 9.81. The topological polar surface area (TPSA) is 252 Å². The van der Waals surface area contributed by atoms with Gasteiger partial charge in [-0.1, -0.05) is 11.8 Å². The van der Waals surface area contributed by atoms with Gasteiger partial charge in [0.15, 0.2) is 5.12 Å². The molecular weight excluding hydrogens is 908 g/mol. The zero-order valence-electron chi connectivity index (χ0n) is 38.9. The van der Waals surface area contributed by atoms with Gasteiger partial charge in [0, 0.05) is 44.3 Å². The van der Waals surface area contributed by atoms with Gasteiger partial charge in [0.25, 0.3) is 18.9 Å². The molecule has 0 radical (unpaired) electrons. The molecule has 2 aromatic rings. The second-order valence-electron chi connectivity index (χ2n) is 17.3. The number of nitrogens with zero attached hydrogens (tertiary/aromatic N) is 4. The summed E-state index contributed by atoms with van der Waals surface area (Å²) in [6, 6.07) is 9.67. The van der Waals surface area contributed by atoms with E-state index in [-0.39, 0.29) is 43.1 Å². The highest BCUT2D eigenvalue weighted by Crippen LogP contribution is 2.58. The number of methoxy groups -OCH3 is 1. The van der Waals surface area contributed by atoms with Gasteiger partial charge in [0.1, 0.15) is 24.9 Å². The molecule has 364 valence electrons. The second kappa shape index (κ2) is 23.1. The van der Waals surface area contributed by atoms with Gasteiger partial charge < -0.3 is 42.2 Å². The second-order valence-corrected chi connectivity index (χ2v) is 20.6. The number of carbonyl (C=O) groups is 5. The number of hydrogen-bond donors (Lipinski definition) is 0. The molecule has 0 spiro atoms. The Morgan fingerprint density at radius 1 is 0.788 bits per heavy atom. The smallest absolute Gasteiger partial charge is 0.455 e. The molecule has 66 heavy (non-hydrogen) atoms. The Hall–Kier alpha value is -5.12. The third-order valence-electron chi connectivity index (χ3n) is 9.62. The normalized spacial score (nSPS) is 19.1. The fourth-order valence-electron chi connectivity index (χ4n) is 6.97. The van der Waals surface area contributed by atoms with Gasteiger partial charge in [-0.25, -0.2) is 14.4 Å². The first-order valence-electron chi connectivity index (χ1n) is 21.2. The first-order valence-corrected chi connectivity index (χ1v) is 23.6. The third kappa shape index (κ3) is 14.4. The van der Waals surface area contributed by atoms with E-state index in [2.05, 4.69) is 0 Å². The number of hydrogen-bond acceptors (Lipinski definition) is 18. The maximum Gasteiger partial charge on any atom is 0.508 e. The Balaban J connectivity index is 1.67. The Labute approximate surface area is 387 Å². The van der Waals surface area contributed by atoms with Crippen LogP contribution in [0.25, 0.3) is 0 Å². The summed E-state index contributed by atoms with van der Waals surface area (Å²) in [4.78, 5) is 93.2. The minimum absolute atomic E-state index is 0.0292. The summed E-state index contributed by atoms with van der Waals surface area (Å²) in [5, 5.41) is 21.0. The van der Waals surface area contributed by atoms with E-state index in [9.17, 15) is 44.2 Å². The summed E-state index contributed by atoms with van der Waals surface area (Å²) in [5.74, 6) is -2.96. The molecule has 0 aliphatic carbocycles. The van der Waals surface area contributed by atoms with Crippen LogP contribution in [-0.2, 0) is 64.9 Å². The summed E-state index contributed by atoms with van der Waals surface area (Å²) in [6.45, 7) is 16.2. The van der Waals surface area contributed by atoms with Crippen LogP contribution in [0.4, 0.5) is 21.0 Å². The largest absolute Gasteiger partial charge is 0.508 e. The molecule has 0 bridgehead atoms. The van der Waals surface area contributed by atoms with Crippen LogP contribution in [0.3, 0.4) is 0 Å². The molecule has 5 unspecified atom stereocenters. The summed E-state index contributed by atoms with van der Waals surface area (Å²) < 4.78 is 47.1. The van der Waals surface area contributed by atoms with E-state index >= 15 is 0 Å². The van der Waals surface area contributed by atoms with Crippen molar-refractivity contribution in [3.63, 3.8) is 0 Å². The number of thioether (sulfide) groups is 1. The van der Waals surface area contributed by atoms with Crippen molar-refractivity contribution in [1.29, 1.82) is 0 Å². The molecule has 2 heterocycles. The first kappa shape index (κ1) is 53.5. The monoisotopic (exact) mass is 966 g/mol. The average Bonchev–Trinajstić information content (AvgIpc) is 3.62. The Kier molecular flexibility index (Phi) is 18.7. The van der Waals surface area contributed by atoms with Gasteiger partial charge in [0.05, 0.1) is 58.0 Å². The van der Waals surface area contributed by atoms with E-state index in [1.54, 1.807) is 62.3 Å². The number of β-lactam (4-membered cyclic amide) rings is 1. The Morgan fingerprint density at radius 2 is 1.27 bits per heavy atom. The molecule has 21 nitrogen and oxygen atoms in total.